The molecule has 0 radical (unpaired) electrons. The van der Waals surface area contributed by atoms with Crippen LogP contribution in [0.1, 0.15) is 36.8 Å². The number of hydrogen-bond donors (Lipinski definition) is 2. The maximum Gasteiger partial charge on any atom is 0.306 e. The lowest BCUT2D eigenvalue weighted by Crippen LogP contribution is -2.38. The first-order valence-corrected chi connectivity index (χ1v) is 9.13. The van der Waals surface area contributed by atoms with E-state index in [-0.39, 0.29) is 16.9 Å². The van der Waals surface area contributed by atoms with E-state index in [2.05, 4.69) is 4.72 Å². The molecular weight excluding hydrogens is 318 g/mol. The zero-order valence-corrected chi connectivity index (χ0v) is 14.4. The number of methoxy groups -OCH3 is 1. The van der Waals surface area contributed by atoms with Gasteiger partial charge in [0.05, 0.1) is 17.9 Å². The second kappa shape index (κ2) is 6.88. The number of benzene rings is 1. The van der Waals surface area contributed by atoms with Gasteiger partial charge in [0.2, 0.25) is 10.0 Å². The number of aliphatic carboxylic acids is 1. The van der Waals surface area contributed by atoms with E-state index in [1.54, 1.807) is 19.2 Å². The van der Waals surface area contributed by atoms with E-state index in [1.807, 2.05) is 13.8 Å². The van der Waals surface area contributed by atoms with E-state index in [1.165, 1.54) is 0 Å². The Morgan fingerprint density at radius 2 is 1.70 bits per heavy atom. The monoisotopic (exact) mass is 341 g/mol. The Bertz CT molecular complexity index is 667. The normalized spacial score (nSPS) is 21.9. The van der Waals surface area contributed by atoms with Crippen LogP contribution < -0.4 is 9.46 Å². The van der Waals surface area contributed by atoms with Crippen molar-refractivity contribution in [2.75, 3.05) is 7.11 Å². The molecule has 1 aromatic rings. The topological polar surface area (TPSA) is 92.7 Å². The summed E-state index contributed by atoms with van der Waals surface area (Å²) in [7, 11) is -2.06. The smallest absolute Gasteiger partial charge is 0.306 e. The predicted molar refractivity (Wildman–Crippen MR) is 86.2 cm³/mol. The van der Waals surface area contributed by atoms with Gasteiger partial charge in [0.25, 0.3) is 0 Å². The molecule has 1 saturated carbocycles. The molecule has 2 N–H and O–H groups in total. The highest BCUT2D eigenvalue weighted by Gasteiger charge is 2.29. The molecule has 23 heavy (non-hydrogen) atoms. The Balaban J connectivity index is 2.13. The molecule has 0 bridgehead atoms. The lowest BCUT2D eigenvalue weighted by Gasteiger charge is -2.26. The largest absolute Gasteiger partial charge is 0.496 e. The maximum absolute atomic E-state index is 12.6. The number of carbonyl (C=O) groups is 1. The van der Waals surface area contributed by atoms with Crippen molar-refractivity contribution in [3.05, 3.63) is 23.3 Å². The van der Waals surface area contributed by atoms with Crippen molar-refractivity contribution < 1.29 is 23.1 Å². The van der Waals surface area contributed by atoms with Crippen LogP contribution in [0.5, 0.6) is 5.75 Å². The van der Waals surface area contributed by atoms with Crippen LogP contribution in [0.4, 0.5) is 0 Å². The Labute approximate surface area is 136 Å². The Hall–Kier alpha value is -1.60. The fourth-order valence-corrected chi connectivity index (χ4v) is 4.61. The molecule has 1 fully saturated rings. The number of nitrogens with one attached hydrogen (secondary N) is 1. The van der Waals surface area contributed by atoms with Gasteiger partial charge in [0.15, 0.2) is 0 Å². The fraction of sp³-hybridized carbons (Fsp3) is 0.562. The van der Waals surface area contributed by atoms with Gasteiger partial charge in [-0.15, -0.1) is 0 Å². The third-order valence-corrected chi connectivity index (χ3v) is 5.85. The Morgan fingerprint density at radius 1 is 1.17 bits per heavy atom. The number of ether oxygens (including phenoxy) is 1. The molecule has 1 aliphatic carbocycles. The minimum absolute atomic E-state index is 0.210. The van der Waals surface area contributed by atoms with Gasteiger partial charge in [-0.05, 0) is 62.8 Å². The molecule has 6 nitrogen and oxygen atoms in total. The SMILES string of the molecule is COc1c(C)cc(S(=O)(=O)NC2CCC(C(=O)O)CC2)cc1C. The average Bonchev–Trinajstić information content (AvgIpc) is 2.47. The van der Waals surface area contributed by atoms with Gasteiger partial charge < -0.3 is 9.84 Å². The minimum Gasteiger partial charge on any atom is -0.496 e. The number of sulfonamides is 1. The Kier molecular flexibility index (Phi) is 5.31. The summed E-state index contributed by atoms with van der Waals surface area (Å²) in [5.41, 5.74) is 1.53. The minimum atomic E-state index is -3.62. The third kappa shape index (κ3) is 4.03. The molecule has 0 atom stereocenters. The second-order valence-corrected chi connectivity index (χ2v) is 7.81. The van der Waals surface area contributed by atoms with E-state index in [4.69, 9.17) is 9.84 Å². The van der Waals surface area contributed by atoms with Gasteiger partial charge in [-0.2, -0.15) is 0 Å². The average molecular weight is 341 g/mol. The van der Waals surface area contributed by atoms with Crippen LogP contribution in [0.15, 0.2) is 17.0 Å². The van der Waals surface area contributed by atoms with Crippen molar-refractivity contribution >= 4 is 16.0 Å². The van der Waals surface area contributed by atoms with Crippen LogP contribution in [0.3, 0.4) is 0 Å². The van der Waals surface area contributed by atoms with Crippen molar-refractivity contribution in [1.29, 1.82) is 0 Å². The van der Waals surface area contributed by atoms with E-state index in [0.29, 0.717) is 31.4 Å². The van der Waals surface area contributed by atoms with E-state index < -0.39 is 16.0 Å². The van der Waals surface area contributed by atoms with E-state index in [9.17, 15) is 13.2 Å². The lowest BCUT2D eigenvalue weighted by atomic mass is 9.87. The lowest BCUT2D eigenvalue weighted by molar-refractivity contribution is -0.142. The first-order valence-electron chi connectivity index (χ1n) is 7.65. The number of hydrogen-bond acceptors (Lipinski definition) is 4. The molecule has 0 heterocycles. The Morgan fingerprint density at radius 3 is 2.13 bits per heavy atom. The van der Waals surface area contributed by atoms with Crippen molar-refractivity contribution in [2.45, 2.75) is 50.5 Å². The van der Waals surface area contributed by atoms with E-state index in [0.717, 1.165) is 11.1 Å². The summed E-state index contributed by atoms with van der Waals surface area (Å²) in [4.78, 5) is 11.2. The van der Waals surface area contributed by atoms with Crippen LogP contribution in [0, 0.1) is 19.8 Å². The zero-order valence-electron chi connectivity index (χ0n) is 13.6. The molecule has 7 heteroatoms. The first kappa shape index (κ1) is 17.7. The summed E-state index contributed by atoms with van der Waals surface area (Å²) >= 11 is 0. The maximum atomic E-state index is 12.6. The first-order chi connectivity index (χ1) is 10.7. The highest BCUT2D eigenvalue weighted by molar-refractivity contribution is 7.89. The summed E-state index contributed by atoms with van der Waals surface area (Å²) in [5, 5.41) is 9.00. The van der Waals surface area contributed by atoms with Crippen LogP contribution in [-0.2, 0) is 14.8 Å². The van der Waals surface area contributed by atoms with Gasteiger partial charge >= 0.3 is 5.97 Å². The van der Waals surface area contributed by atoms with Crippen LogP contribution >= 0.6 is 0 Å². The molecule has 0 aliphatic heterocycles. The molecule has 1 aromatic carbocycles. The predicted octanol–water partition coefficient (Wildman–Crippen LogP) is 2.23. The van der Waals surface area contributed by atoms with Gasteiger partial charge in [0, 0.05) is 6.04 Å². The number of aryl methyl sites for hydroxylation is 2. The van der Waals surface area contributed by atoms with Crippen LogP contribution in [0.2, 0.25) is 0 Å². The third-order valence-electron chi connectivity index (χ3n) is 4.35. The molecule has 0 unspecified atom stereocenters. The van der Waals surface area contributed by atoms with E-state index >= 15 is 0 Å². The molecule has 2 rings (SSSR count). The molecule has 0 saturated heterocycles. The quantitative estimate of drug-likeness (QED) is 0.857. The number of carboxylic acids is 1. The summed E-state index contributed by atoms with van der Waals surface area (Å²) in [6.45, 7) is 3.62. The highest BCUT2D eigenvalue weighted by Crippen LogP contribution is 2.28. The summed E-state index contributed by atoms with van der Waals surface area (Å²) < 4.78 is 33.1. The van der Waals surface area contributed by atoms with Crippen molar-refractivity contribution in [2.24, 2.45) is 5.92 Å². The van der Waals surface area contributed by atoms with Crippen molar-refractivity contribution in [3.8, 4) is 5.75 Å². The molecule has 0 aromatic heterocycles. The summed E-state index contributed by atoms with van der Waals surface area (Å²) in [5.74, 6) is -0.472. The van der Waals surface area contributed by atoms with Crippen molar-refractivity contribution in [1.82, 2.24) is 4.72 Å². The van der Waals surface area contributed by atoms with Gasteiger partial charge in [-0.3, -0.25) is 4.79 Å². The molecule has 0 spiro atoms. The fourth-order valence-electron chi connectivity index (χ4n) is 3.13. The molecule has 0 amide bonds. The number of carboxylic acid groups (broad SMARTS) is 1. The van der Waals surface area contributed by atoms with Crippen LogP contribution in [-0.4, -0.2) is 32.6 Å². The summed E-state index contributed by atoms with van der Waals surface area (Å²) in [6.07, 6.45) is 2.10. The highest BCUT2D eigenvalue weighted by atomic mass is 32.2. The molecule has 1 aliphatic rings. The molecule has 128 valence electrons. The van der Waals surface area contributed by atoms with Gasteiger partial charge in [0.1, 0.15) is 5.75 Å². The zero-order chi connectivity index (χ0) is 17.2. The molecular formula is C16H23NO5S. The summed E-state index contributed by atoms with van der Waals surface area (Å²) in [6, 6.07) is 2.98. The van der Waals surface area contributed by atoms with Gasteiger partial charge in [-0.25, -0.2) is 13.1 Å². The van der Waals surface area contributed by atoms with Crippen molar-refractivity contribution in [3.63, 3.8) is 0 Å². The van der Waals surface area contributed by atoms with Crippen LogP contribution in [0.25, 0.3) is 0 Å². The standard InChI is InChI=1S/C16H23NO5S/c1-10-8-14(9-11(2)15(10)22-3)23(20,21)17-13-6-4-12(5-7-13)16(18)19/h8-9,12-13,17H,4-7H2,1-3H3,(H,18,19). The van der Waals surface area contributed by atoms with Gasteiger partial charge in [-0.1, -0.05) is 0 Å². The number of rotatable bonds is 5. The second-order valence-electron chi connectivity index (χ2n) is 6.10.